The standard InChI is InChI=1S/C51H68N8O7/c1-31(52-4)46(60)56-44(50(64)58-28-12-22-42(58)48(62)54-40-20-10-16-35-14-6-8-18-38(35)40)33(3)66-30-34-24-26-37(27-25-34)45(57-47(61)32(2)53-5)51(65)59-29-13-23-43(59)49(63)55-41-21-11-17-36-15-7-9-19-39(36)41/h6-9,14-15,18-19,24-27,31-33,40-45,52-53H,10-13,16-17,20-23,28-30H2,1-5H3,(H,54,62)(H,55,63)(H,56,60)(H,57,61)/t31-,32-,33+,40+,41+,42-,43-,44?,45-/m0/s1. The Labute approximate surface area is 388 Å². The molecule has 3 aromatic carbocycles. The topological polar surface area (TPSA) is 190 Å². The highest BCUT2D eigenvalue weighted by Gasteiger charge is 2.42. The first-order chi connectivity index (χ1) is 31.9. The van der Waals surface area contributed by atoms with Crippen LogP contribution in [0.15, 0.2) is 72.8 Å². The summed E-state index contributed by atoms with van der Waals surface area (Å²) in [5.74, 6) is -1.89. The predicted molar refractivity (Wildman–Crippen MR) is 251 cm³/mol. The van der Waals surface area contributed by atoms with Gasteiger partial charge in [-0.2, -0.15) is 0 Å². The lowest BCUT2D eigenvalue weighted by molar-refractivity contribution is -0.145. The van der Waals surface area contributed by atoms with Gasteiger partial charge >= 0.3 is 0 Å². The largest absolute Gasteiger partial charge is 0.371 e. The number of carbonyl (C=O) groups is 6. The van der Waals surface area contributed by atoms with Crippen molar-refractivity contribution in [2.24, 2.45) is 0 Å². The number of amides is 6. The Bertz CT molecular complexity index is 2220. The van der Waals surface area contributed by atoms with Gasteiger partial charge in [0, 0.05) is 13.1 Å². The van der Waals surface area contributed by atoms with Crippen LogP contribution in [0.25, 0.3) is 0 Å². The highest BCUT2D eigenvalue weighted by molar-refractivity contribution is 5.95. The lowest BCUT2D eigenvalue weighted by Crippen LogP contribution is -2.59. The molecule has 6 N–H and O–H groups in total. The van der Waals surface area contributed by atoms with E-state index in [2.05, 4.69) is 56.2 Å². The number of nitrogens with zero attached hydrogens (tertiary/aromatic N) is 2. The number of rotatable bonds is 17. The number of hydrogen-bond donors (Lipinski definition) is 6. The number of nitrogens with one attached hydrogen (secondary N) is 6. The molecule has 0 radical (unpaired) electrons. The van der Waals surface area contributed by atoms with Crippen LogP contribution in [-0.2, 0) is 53.0 Å². The fraction of sp³-hybridized carbons (Fsp3) is 0.529. The van der Waals surface area contributed by atoms with E-state index in [1.54, 1.807) is 68.9 Å². The van der Waals surface area contributed by atoms with Crippen molar-refractivity contribution < 1.29 is 33.5 Å². The Morgan fingerprint density at radius 3 is 1.61 bits per heavy atom. The van der Waals surface area contributed by atoms with Crippen molar-refractivity contribution in [2.75, 3.05) is 27.2 Å². The molecule has 2 saturated heterocycles. The number of carbonyl (C=O) groups excluding carboxylic acids is 6. The summed E-state index contributed by atoms with van der Waals surface area (Å²) in [7, 11) is 3.33. The van der Waals surface area contributed by atoms with E-state index in [0.29, 0.717) is 44.3 Å². The first-order valence-electron chi connectivity index (χ1n) is 23.9. The first-order valence-corrected chi connectivity index (χ1v) is 23.9. The third-order valence-corrected chi connectivity index (χ3v) is 14.1. The van der Waals surface area contributed by atoms with Gasteiger partial charge in [-0.3, -0.25) is 28.8 Å². The molecular formula is C51H68N8O7. The maximum Gasteiger partial charge on any atom is 0.250 e. The molecule has 0 aromatic heterocycles. The van der Waals surface area contributed by atoms with E-state index >= 15 is 0 Å². The highest BCUT2D eigenvalue weighted by Crippen LogP contribution is 2.33. The van der Waals surface area contributed by atoms with Gasteiger partial charge in [0.15, 0.2) is 0 Å². The molecule has 1 unspecified atom stereocenters. The quantitative estimate of drug-likeness (QED) is 0.117. The smallest absolute Gasteiger partial charge is 0.250 e. The zero-order chi connectivity index (χ0) is 46.9. The van der Waals surface area contributed by atoms with Gasteiger partial charge in [-0.1, -0.05) is 72.8 Å². The minimum Gasteiger partial charge on any atom is -0.371 e. The molecule has 4 aliphatic rings. The van der Waals surface area contributed by atoms with Crippen LogP contribution in [0, 0.1) is 0 Å². The van der Waals surface area contributed by atoms with Crippen LogP contribution in [-0.4, -0.2) is 109 Å². The highest BCUT2D eigenvalue weighted by atomic mass is 16.5. The van der Waals surface area contributed by atoms with E-state index < -0.39 is 42.4 Å². The normalized spacial score (nSPS) is 22.4. The molecule has 0 saturated carbocycles. The summed E-state index contributed by atoms with van der Waals surface area (Å²) in [5, 5.41) is 18.2. The summed E-state index contributed by atoms with van der Waals surface area (Å²) in [6, 6.07) is 18.5. The third kappa shape index (κ3) is 11.1. The van der Waals surface area contributed by atoms with Crippen molar-refractivity contribution >= 4 is 35.4 Å². The first kappa shape index (κ1) is 48.3. The number of fused-ring (bicyclic) bond motifs is 2. The average Bonchev–Trinajstić information content (AvgIpc) is 4.05. The number of hydrogen-bond acceptors (Lipinski definition) is 9. The van der Waals surface area contributed by atoms with E-state index in [9.17, 15) is 28.8 Å². The van der Waals surface area contributed by atoms with Crippen LogP contribution < -0.4 is 31.9 Å². The fourth-order valence-electron chi connectivity index (χ4n) is 9.90. The Kier molecular flexibility index (Phi) is 16.3. The van der Waals surface area contributed by atoms with E-state index in [4.69, 9.17) is 4.74 Å². The van der Waals surface area contributed by atoms with Gasteiger partial charge in [0.25, 0.3) is 0 Å². The molecule has 2 heterocycles. The van der Waals surface area contributed by atoms with Crippen molar-refractivity contribution in [3.05, 3.63) is 106 Å². The summed E-state index contributed by atoms with van der Waals surface area (Å²) in [6.45, 7) is 5.97. The van der Waals surface area contributed by atoms with Gasteiger partial charge in [-0.15, -0.1) is 0 Å². The van der Waals surface area contributed by atoms with Crippen LogP contribution in [0.5, 0.6) is 0 Å². The summed E-state index contributed by atoms with van der Waals surface area (Å²) in [5.41, 5.74) is 5.96. The second-order valence-electron chi connectivity index (χ2n) is 18.4. The zero-order valence-electron chi connectivity index (χ0n) is 39.1. The number of likely N-dealkylation sites (tertiary alicyclic amines) is 2. The van der Waals surface area contributed by atoms with E-state index in [-0.39, 0.29) is 54.1 Å². The van der Waals surface area contributed by atoms with Crippen LogP contribution in [0.4, 0.5) is 0 Å². The summed E-state index contributed by atoms with van der Waals surface area (Å²) < 4.78 is 6.33. The number of aryl methyl sites for hydroxylation is 2. The van der Waals surface area contributed by atoms with Gasteiger partial charge in [-0.25, -0.2) is 0 Å². The summed E-state index contributed by atoms with van der Waals surface area (Å²) >= 11 is 0. The Balaban J connectivity index is 1.03. The monoisotopic (exact) mass is 905 g/mol. The lowest BCUT2D eigenvalue weighted by Gasteiger charge is -2.33. The summed E-state index contributed by atoms with van der Waals surface area (Å²) in [4.78, 5) is 86.5. The second kappa shape index (κ2) is 22.2. The molecule has 0 spiro atoms. The minimum absolute atomic E-state index is 0.0636. The molecule has 2 fully saturated rings. The van der Waals surface area contributed by atoms with Crippen LogP contribution >= 0.6 is 0 Å². The lowest BCUT2D eigenvalue weighted by atomic mass is 9.87. The van der Waals surface area contributed by atoms with Gasteiger partial charge in [0.05, 0.1) is 36.9 Å². The van der Waals surface area contributed by atoms with Gasteiger partial charge in [0.2, 0.25) is 35.4 Å². The molecule has 66 heavy (non-hydrogen) atoms. The Morgan fingerprint density at radius 1 is 0.606 bits per heavy atom. The van der Waals surface area contributed by atoms with Crippen molar-refractivity contribution in [2.45, 2.75) is 146 Å². The Hall–Kier alpha value is -5.64. The number of benzene rings is 3. The molecule has 2 aliphatic heterocycles. The SMILES string of the molecule is CN[C@@H](C)C(=O)NC(C(=O)N1CCC[C@H]1C(=O)N[C@@H]1CCCc2ccccc21)[C@@H](C)OCc1ccc([C@H](NC(=O)[C@H](C)NC)C(=O)N2CCC[C@H]2C(=O)N[C@@H]2CCCc3ccccc32)cc1. The number of ether oxygens (including phenoxy) is 1. The maximum absolute atomic E-state index is 14.5. The molecule has 3 aromatic rings. The molecule has 9 atom stereocenters. The minimum atomic E-state index is -1.08. The molecule has 15 nitrogen and oxygen atoms in total. The van der Waals surface area contributed by atoms with Crippen LogP contribution in [0.3, 0.4) is 0 Å². The third-order valence-electron chi connectivity index (χ3n) is 14.1. The van der Waals surface area contributed by atoms with Gasteiger partial charge in [-0.05, 0) is 132 Å². The van der Waals surface area contributed by atoms with Crippen molar-refractivity contribution in [3.8, 4) is 0 Å². The molecule has 6 amide bonds. The molecular weight excluding hydrogens is 837 g/mol. The average molecular weight is 905 g/mol. The Morgan fingerprint density at radius 2 is 1.09 bits per heavy atom. The molecule has 2 aliphatic carbocycles. The van der Waals surface area contributed by atoms with E-state index in [1.165, 1.54) is 11.1 Å². The van der Waals surface area contributed by atoms with Crippen molar-refractivity contribution in [1.82, 2.24) is 41.7 Å². The molecule has 15 heteroatoms. The number of likely N-dealkylation sites (N-methyl/N-ethyl adjacent to an activating group) is 2. The fourth-order valence-corrected chi connectivity index (χ4v) is 9.90. The predicted octanol–water partition coefficient (Wildman–Crippen LogP) is 3.82. The van der Waals surface area contributed by atoms with Gasteiger partial charge < -0.3 is 46.4 Å². The molecule has 0 bridgehead atoms. The molecule has 354 valence electrons. The second-order valence-corrected chi connectivity index (χ2v) is 18.4. The van der Waals surface area contributed by atoms with Crippen molar-refractivity contribution in [1.29, 1.82) is 0 Å². The van der Waals surface area contributed by atoms with E-state index in [1.807, 2.05) is 24.3 Å². The molecule has 7 rings (SSSR count). The maximum atomic E-state index is 14.5. The van der Waals surface area contributed by atoms with Crippen LogP contribution in [0.1, 0.15) is 124 Å². The van der Waals surface area contributed by atoms with Crippen LogP contribution in [0.2, 0.25) is 0 Å². The zero-order valence-corrected chi connectivity index (χ0v) is 39.1. The summed E-state index contributed by atoms with van der Waals surface area (Å²) in [6.07, 6.45) is 7.07. The van der Waals surface area contributed by atoms with E-state index in [0.717, 1.165) is 55.2 Å². The van der Waals surface area contributed by atoms with Crippen molar-refractivity contribution in [3.63, 3.8) is 0 Å². The van der Waals surface area contributed by atoms with Gasteiger partial charge in [0.1, 0.15) is 24.2 Å².